The second-order valence-electron chi connectivity index (χ2n) is 9.70. The molecule has 0 N–H and O–H groups in total. The highest BCUT2D eigenvalue weighted by molar-refractivity contribution is 5.77. The Labute approximate surface area is 187 Å². The van der Waals surface area contributed by atoms with Gasteiger partial charge in [-0.3, -0.25) is 4.79 Å². The molecule has 2 fully saturated rings. The minimum Gasteiger partial charge on any atom is -0.340 e. The molecule has 5 nitrogen and oxygen atoms in total. The van der Waals surface area contributed by atoms with Crippen LogP contribution in [0, 0.1) is 5.92 Å². The molecule has 170 valence electrons. The van der Waals surface area contributed by atoms with Crippen LogP contribution in [-0.4, -0.2) is 37.9 Å². The Kier molecular flexibility index (Phi) is 7.62. The van der Waals surface area contributed by atoms with E-state index in [1.54, 1.807) is 0 Å². The second-order valence-corrected chi connectivity index (χ2v) is 9.70. The van der Waals surface area contributed by atoms with Crippen LogP contribution in [0.25, 0.3) is 11.2 Å². The van der Waals surface area contributed by atoms with Crippen molar-refractivity contribution >= 4 is 17.1 Å². The van der Waals surface area contributed by atoms with Gasteiger partial charge in [-0.15, -0.1) is 0 Å². The zero-order valence-corrected chi connectivity index (χ0v) is 19.6. The van der Waals surface area contributed by atoms with Crippen LogP contribution in [0.5, 0.6) is 0 Å². The minimum absolute atomic E-state index is 0.303. The molecular weight excluding hydrogens is 384 g/mol. The Morgan fingerprint density at radius 3 is 2.58 bits per heavy atom. The molecule has 0 radical (unpaired) electrons. The van der Waals surface area contributed by atoms with Gasteiger partial charge in [0.25, 0.3) is 0 Å². The maximum Gasteiger partial charge on any atom is 0.224 e. The van der Waals surface area contributed by atoms with Crippen molar-refractivity contribution in [3.63, 3.8) is 0 Å². The van der Waals surface area contributed by atoms with Crippen molar-refractivity contribution in [3.8, 4) is 0 Å². The third-order valence-electron chi connectivity index (χ3n) is 7.69. The average molecular weight is 425 g/mol. The van der Waals surface area contributed by atoms with Crippen LogP contribution < -0.4 is 0 Å². The highest BCUT2D eigenvalue weighted by atomic mass is 16.2. The Morgan fingerprint density at radius 2 is 1.87 bits per heavy atom. The fraction of sp³-hybridized carbons (Fsp3) is 0.731. The molecule has 0 atom stereocenters. The lowest BCUT2D eigenvalue weighted by molar-refractivity contribution is -0.134. The number of hydrogen-bond acceptors (Lipinski definition) is 3. The first kappa shape index (κ1) is 22.3. The number of amides is 1. The standard InChI is InChI=1S/C26H40N4O/c1-3-9-20-13-15-21(16-14-20)26-28-25-23(12-8-18-27-25)30(26)19-17-24(31)29(4-2)22-10-6-5-7-11-22/h8,12,18,20-22H,3-7,9-11,13-17,19H2,1-2H3/t20-,21-. The number of nitrogens with zero attached hydrogens (tertiary/aromatic N) is 4. The predicted octanol–water partition coefficient (Wildman–Crippen LogP) is 6.08. The Balaban J connectivity index is 1.49. The summed E-state index contributed by atoms with van der Waals surface area (Å²) in [5.74, 6) is 2.85. The molecule has 0 bridgehead atoms. The van der Waals surface area contributed by atoms with Crippen molar-refractivity contribution in [3.05, 3.63) is 24.2 Å². The average Bonchev–Trinajstić information content (AvgIpc) is 3.18. The van der Waals surface area contributed by atoms with Crippen molar-refractivity contribution < 1.29 is 4.79 Å². The van der Waals surface area contributed by atoms with Crippen LogP contribution in [0.3, 0.4) is 0 Å². The van der Waals surface area contributed by atoms with Crippen molar-refractivity contribution in [2.75, 3.05) is 6.54 Å². The molecule has 2 heterocycles. The summed E-state index contributed by atoms with van der Waals surface area (Å²) in [6.07, 6.45) is 16.2. The molecule has 1 amide bonds. The molecule has 0 unspecified atom stereocenters. The van der Waals surface area contributed by atoms with E-state index in [-0.39, 0.29) is 0 Å². The molecule has 0 aliphatic heterocycles. The summed E-state index contributed by atoms with van der Waals surface area (Å²) in [7, 11) is 0. The number of fused-ring (bicyclic) bond motifs is 1. The highest BCUT2D eigenvalue weighted by Gasteiger charge is 2.28. The van der Waals surface area contributed by atoms with Crippen LogP contribution in [0.2, 0.25) is 0 Å². The first-order valence-corrected chi connectivity index (χ1v) is 12.8. The zero-order valence-electron chi connectivity index (χ0n) is 19.6. The van der Waals surface area contributed by atoms with Gasteiger partial charge in [0.05, 0.1) is 5.52 Å². The second kappa shape index (κ2) is 10.6. The monoisotopic (exact) mass is 424 g/mol. The number of aryl methyl sites for hydroxylation is 1. The molecule has 2 saturated carbocycles. The Bertz CT molecular complexity index is 846. The van der Waals surface area contributed by atoms with Gasteiger partial charge in [0.2, 0.25) is 5.91 Å². The number of carbonyl (C=O) groups excluding carboxylic acids is 1. The van der Waals surface area contributed by atoms with Crippen LogP contribution in [0.1, 0.15) is 103 Å². The molecule has 31 heavy (non-hydrogen) atoms. The SMILES string of the molecule is CCC[C@H]1CC[C@H](c2nc3ncccc3n2CCC(=O)N(CC)C2CCCCC2)CC1. The third-order valence-corrected chi connectivity index (χ3v) is 7.69. The van der Waals surface area contributed by atoms with Crippen LogP contribution >= 0.6 is 0 Å². The highest BCUT2D eigenvalue weighted by Crippen LogP contribution is 2.38. The normalized spacial score (nSPS) is 22.6. The summed E-state index contributed by atoms with van der Waals surface area (Å²) in [4.78, 5) is 24.8. The van der Waals surface area contributed by atoms with Crippen molar-refractivity contribution in [1.82, 2.24) is 19.4 Å². The van der Waals surface area contributed by atoms with Gasteiger partial charge >= 0.3 is 0 Å². The topological polar surface area (TPSA) is 51.0 Å². The molecule has 2 aliphatic carbocycles. The van der Waals surface area contributed by atoms with Crippen LogP contribution in [-0.2, 0) is 11.3 Å². The quantitative estimate of drug-likeness (QED) is 0.516. The molecular formula is C26H40N4O. The van der Waals surface area contributed by atoms with Gasteiger partial charge in [-0.25, -0.2) is 9.97 Å². The predicted molar refractivity (Wildman–Crippen MR) is 126 cm³/mol. The van der Waals surface area contributed by atoms with E-state index in [2.05, 4.69) is 34.4 Å². The summed E-state index contributed by atoms with van der Waals surface area (Å²) in [5.41, 5.74) is 1.92. The summed E-state index contributed by atoms with van der Waals surface area (Å²) < 4.78 is 2.32. The van der Waals surface area contributed by atoms with Crippen molar-refractivity contribution in [2.24, 2.45) is 5.92 Å². The summed E-state index contributed by atoms with van der Waals surface area (Å²) in [6, 6.07) is 4.55. The van der Waals surface area contributed by atoms with Gasteiger partial charge in [0.1, 0.15) is 5.82 Å². The molecule has 2 aromatic rings. The lowest BCUT2D eigenvalue weighted by atomic mass is 9.79. The van der Waals surface area contributed by atoms with E-state index in [4.69, 9.17) is 4.98 Å². The molecule has 2 aliphatic rings. The van der Waals surface area contributed by atoms with E-state index in [0.29, 0.717) is 30.8 Å². The zero-order chi connectivity index (χ0) is 21.6. The fourth-order valence-corrected chi connectivity index (χ4v) is 6.02. The Morgan fingerprint density at radius 1 is 1.10 bits per heavy atom. The largest absolute Gasteiger partial charge is 0.340 e. The van der Waals surface area contributed by atoms with Crippen molar-refractivity contribution in [2.45, 2.75) is 109 Å². The summed E-state index contributed by atoms with van der Waals surface area (Å²) in [6.45, 7) is 5.96. The lowest BCUT2D eigenvalue weighted by Crippen LogP contribution is -2.41. The van der Waals surface area contributed by atoms with E-state index in [0.717, 1.165) is 29.5 Å². The van der Waals surface area contributed by atoms with E-state index in [1.165, 1.54) is 70.6 Å². The maximum absolute atomic E-state index is 13.2. The van der Waals surface area contributed by atoms with E-state index >= 15 is 0 Å². The summed E-state index contributed by atoms with van der Waals surface area (Å²) in [5, 5.41) is 0. The van der Waals surface area contributed by atoms with E-state index in [1.807, 2.05) is 12.3 Å². The number of aromatic nitrogens is 3. The van der Waals surface area contributed by atoms with Crippen LogP contribution in [0.4, 0.5) is 0 Å². The minimum atomic E-state index is 0.303. The number of pyridine rings is 1. The number of rotatable bonds is 8. The third kappa shape index (κ3) is 5.12. The summed E-state index contributed by atoms with van der Waals surface area (Å²) >= 11 is 0. The number of carbonyl (C=O) groups is 1. The van der Waals surface area contributed by atoms with Crippen molar-refractivity contribution in [1.29, 1.82) is 0 Å². The van der Waals surface area contributed by atoms with E-state index in [9.17, 15) is 4.79 Å². The number of imidazole rings is 1. The first-order valence-electron chi connectivity index (χ1n) is 12.8. The number of hydrogen-bond donors (Lipinski definition) is 0. The van der Waals surface area contributed by atoms with Gasteiger partial charge in [-0.1, -0.05) is 39.0 Å². The lowest BCUT2D eigenvalue weighted by Gasteiger charge is -2.34. The molecule has 5 heteroatoms. The molecule has 0 spiro atoms. The van der Waals surface area contributed by atoms with Crippen LogP contribution in [0.15, 0.2) is 18.3 Å². The Hall–Kier alpha value is -1.91. The maximum atomic E-state index is 13.2. The van der Waals surface area contributed by atoms with Gasteiger partial charge < -0.3 is 9.47 Å². The molecule has 4 rings (SSSR count). The smallest absolute Gasteiger partial charge is 0.224 e. The van der Waals surface area contributed by atoms with Gasteiger partial charge in [0, 0.05) is 37.7 Å². The molecule has 0 saturated heterocycles. The molecule has 2 aromatic heterocycles. The van der Waals surface area contributed by atoms with Gasteiger partial charge in [0.15, 0.2) is 5.65 Å². The van der Waals surface area contributed by atoms with Gasteiger partial charge in [-0.2, -0.15) is 0 Å². The fourth-order valence-electron chi connectivity index (χ4n) is 6.02. The molecule has 0 aromatic carbocycles. The van der Waals surface area contributed by atoms with E-state index < -0.39 is 0 Å². The first-order chi connectivity index (χ1) is 15.2. The van der Waals surface area contributed by atoms with Gasteiger partial charge in [-0.05, 0) is 63.5 Å².